The van der Waals surface area contributed by atoms with Gasteiger partial charge < -0.3 is 20.7 Å². The van der Waals surface area contributed by atoms with Crippen molar-refractivity contribution in [3.8, 4) is 0 Å². The van der Waals surface area contributed by atoms with E-state index < -0.39 is 4.92 Å². The van der Waals surface area contributed by atoms with Gasteiger partial charge in [-0.1, -0.05) is 5.10 Å². The minimum absolute atomic E-state index is 0.0482. The molecule has 7 heteroatoms. The van der Waals surface area contributed by atoms with Gasteiger partial charge in [0.1, 0.15) is 6.20 Å². The Morgan fingerprint density at radius 1 is 1.53 bits per heavy atom. The highest BCUT2D eigenvalue weighted by Crippen LogP contribution is 2.44. The molecule has 80 valence electrons. The average molecular weight is 209 g/mol. The zero-order valence-corrected chi connectivity index (χ0v) is 7.93. The third-order valence-electron chi connectivity index (χ3n) is 3.22. The predicted octanol–water partition coefficient (Wildman–Crippen LogP) is -0.0524. The van der Waals surface area contributed by atoms with Crippen molar-refractivity contribution >= 4 is 11.5 Å². The molecule has 0 radical (unpaired) electrons. The fourth-order valence-corrected chi connectivity index (χ4v) is 2.34. The molecule has 1 saturated heterocycles. The fourth-order valence-electron chi connectivity index (χ4n) is 2.34. The third-order valence-corrected chi connectivity index (χ3v) is 3.22. The molecule has 0 aromatic carbocycles. The van der Waals surface area contributed by atoms with Crippen LogP contribution in [0.4, 0.5) is 11.5 Å². The monoisotopic (exact) mass is 209 g/mol. The Morgan fingerprint density at radius 2 is 2.27 bits per heavy atom. The van der Waals surface area contributed by atoms with Gasteiger partial charge in [0.05, 0.1) is 0 Å². The fraction of sp³-hybridized carbons (Fsp3) is 0.625. The van der Waals surface area contributed by atoms with Crippen molar-refractivity contribution in [1.82, 2.24) is 15.5 Å². The first kappa shape index (κ1) is 8.66. The van der Waals surface area contributed by atoms with Crippen LogP contribution < -0.4 is 10.6 Å². The molecule has 15 heavy (non-hydrogen) atoms. The molecule has 2 unspecified atom stereocenters. The van der Waals surface area contributed by atoms with Crippen LogP contribution in [-0.2, 0) is 0 Å². The molecule has 2 aliphatic rings. The second kappa shape index (κ2) is 2.93. The van der Waals surface area contributed by atoms with Crippen LogP contribution in [0.5, 0.6) is 0 Å². The van der Waals surface area contributed by atoms with Crippen LogP contribution in [-0.4, -0.2) is 34.3 Å². The highest BCUT2D eigenvalue weighted by atomic mass is 16.6. The number of fused-ring (bicyclic) bond motifs is 1. The molecule has 1 aliphatic carbocycles. The summed E-state index contributed by atoms with van der Waals surface area (Å²) in [5, 5.41) is 23.1. The molecule has 1 aromatic rings. The number of anilines is 1. The summed E-state index contributed by atoms with van der Waals surface area (Å²) in [5.74, 6) is 1.20. The van der Waals surface area contributed by atoms with E-state index in [4.69, 9.17) is 0 Å². The molecule has 2 atom stereocenters. The van der Waals surface area contributed by atoms with Crippen molar-refractivity contribution < 1.29 is 4.92 Å². The number of hydrogen-bond donors (Lipinski definition) is 3. The third kappa shape index (κ3) is 1.27. The van der Waals surface area contributed by atoms with Gasteiger partial charge in [0.25, 0.3) is 0 Å². The van der Waals surface area contributed by atoms with Gasteiger partial charge >= 0.3 is 5.82 Å². The van der Waals surface area contributed by atoms with E-state index in [-0.39, 0.29) is 5.82 Å². The molecule has 1 aliphatic heterocycles. The first-order valence-electron chi connectivity index (χ1n) is 4.92. The zero-order chi connectivity index (χ0) is 10.4. The van der Waals surface area contributed by atoms with Gasteiger partial charge in [-0.15, -0.1) is 5.10 Å². The molecule has 2 heterocycles. The maximum atomic E-state index is 10.6. The Morgan fingerprint density at radius 3 is 2.93 bits per heavy atom. The van der Waals surface area contributed by atoms with Crippen LogP contribution in [0.25, 0.3) is 0 Å². The molecule has 1 saturated carbocycles. The number of H-pyrrole nitrogens is 1. The summed E-state index contributed by atoms with van der Waals surface area (Å²) in [5.41, 5.74) is 0.499. The highest BCUT2D eigenvalue weighted by Gasteiger charge is 2.53. The van der Waals surface area contributed by atoms with Crippen molar-refractivity contribution in [2.45, 2.75) is 6.04 Å². The van der Waals surface area contributed by atoms with Crippen LogP contribution in [0.3, 0.4) is 0 Å². The molecule has 0 spiro atoms. The van der Waals surface area contributed by atoms with Gasteiger partial charge in [-0.05, 0) is 16.8 Å². The maximum Gasteiger partial charge on any atom is 0.366 e. The molecule has 3 N–H and O–H groups in total. The minimum Gasteiger partial charge on any atom is -0.373 e. The molecule has 7 nitrogen and oxygen atoms in total. The lowest BCUT2D eigenvalue weighted by Gasteiger charge is -2.06. The van der Waals surface area contributed by atoms with Crippen LogP contribution in [0.15, 0.2) is 6.20 Å². The minimum atomic E-state index is -0.453. The van der Waals surface area contributed by atoms with Gasteiger partial charge in [-0.2, -0.15) is 0 Å². The Kier molecular flexibility index (Phi) is 1.69. The van der Waals surface area contributed by atoms with E-state index in [1.54, 1.807) is 0 Å². The first-order valence-corrected chi connectivity index (χ1v) is 4.92. The molecule has 0 bridgehead atoms. The average Bonchev–Trinajstić information content (AvgIpc) is 2.64. The molecular formula is C8H11N5O2. The second-order valence-electron chi connectivity index (χ2n) is 4.05. The number of piperidine rings is 1. The molecule has 2 fully saturated rings. The summed E-state index contributed by atoms with van der Waals surface area (Å²) < 4.78 is 0. The summed E-state index contributed by atoms with van der Waals surface area (Å²) in [6, 6.07) is 0.377. The van der Waals surface area contributed by atoms with Crippen molar-refractivity contribution in [3.63, 3.8) is 0 Å². The Bertz CT molecular complexity index is 393. The van der Waals surface area contributed by atoms with Crippen LogP contribution in [0, 0.1) is 22.0 Å². The maximum absolute atomic E-state index is 10.6. The lowest BCUT2D eigenvalue weighted by molar-refractivity contribution is -0.388. The number of aromatic amines is 1. The molecule has 1 aromatic heterocycles. The number of hydrogen-bond acceptors (Lipinski definition) is 5. The molecular weight excluding hydrogens is 198 g/mol. The smallest absolute Gasteiger partial charge is 0.366 e. The Hall–Kier alpha value is -1.63. The van der Waals surface area contributed by atoms with Gasteiger partial charge in [0, 0.05) is 19.1 Å². The highest BCUT2D eigenvalue weighted by molar-refractivity contribution is 5.57. The van der Waals surface area contributed by atoms with Gasteiger partial charge in [-0.3, -0.25) is 0 Å². The van der Waals surface area contributed by atoms with Crippen LogP contribution in [0.2, 0.25) is 0 Å². The SMILES string of the molecule is O=[N+]([O-])c1[nH]ncc1NC1C2CNCC21. The lowest BCUT2D eigenvalue weighted by Crippen LogP contribution is -2.21. The van der Waals surface area contributed by atoms with Crippen LogP contribution in [0.1, 0.15) is 0 Å². The molecule has 3 rings (SSSR count). The van der Waals surface area contributed by atoms with E-state index in [0.29, 0.717) is 23.6 Å². The summed E-state index contributed by atoms with van der Waals surface area (Å²) in [4.78, 5) is 10.2. The van der Waals surface area contributed by atoms with Gasteiger partial charge in [0.15, 0.2) is 5.69 Å². The van der Waals surface area contributed by atoms with E-state index in [9.17, 15) is 10.1 Å². The second-order valence-corrected chi connectivity index (χ2v) is 4.05. The van der Waals surface area contributed by atoms with Crippen molar-refractivity contribution in [3.05, 3.63) is 16.3 Å². The van der Waals surface area contributed by atoms with Crippen LogP contribution >= 0.6 is 0 Å². The summed E-state index contributed by atoms with van der Waals surface area (Å²) in [6.45, 7) is 2.02. The van der Waals surface area contributed by atoms with E-state index in [2.05, 4.69) is 20.8 Å². The van der Waals surface area contributed by atoms with Crippen molar-refractivity contribution in [2.75, 3.05) is 18.4 Å². The standard InChI is InChI=1S/C8H11N5O2/c14-13(15)8-6(3-10-12-8)11-7-4-1-9-2-5(4)7/h3-5,7,9,11H,1-2H2,(H,10,12). The first-order chi connectivity index (χ1) is 7.27. The van der Waals surface area contributed by atoms with Crippen molar-refractivity contribution in [1.29, 1.82) is 0 Å². The number of nitrogens with zero attached hydrogens (tertiary/aromatic N) is 2. The number of aromatic nitrogens is 2. The van der Waals surface area contributed by atoms with E-state index in [1.807, 2.05) is 0 Å². The topological polar surface area (TPSA) is 95.9 Å². The molecule has 0 amide bonds. The summed E-state index contributed by atoms with van der Waals surface area (Å²) >= 11 is 0. The quantitative estimate of drug-likeness (QED) is 0.479. The Labute approximate surface area is 85.4 Å². The number of nitro groups is 1. The summed E-state index contributed by atoms with van der Waals surface area (Å²) in [6.07, 6.45) is 1.47. The van der Waals surface area contributed by atoms with E-state index in [1.165, 1.54) is 6.20 Å². The largest absolute Gasteiger partial charge is 0.373 e. The summed E-state index contributed by atoms with van der Waals surface area (Å²) in [7, 11) is 0. The number of rotatable bonds is 3. The number of nitrogens with one attached hydrogen (secondary N) is 3. The van der Waals surface area contributed by atoms with Crippen molar-refractivity contribution in [2.24, 2.45) is 11.8 Å². The van der Waals surface area contributed by atoms with Gasteiger partial charge in [-0.25, -0.2) is 0 Å². The van der Waals surface area contributed by atoms with E-state index >= 15 is 0 Å². The van der Waals surface area contributed by atoms with Gasteiger partial charge in [0.2, 0.25) is 0 Å². The zero-order valence-electron chi connectivity index (χ0n) is 7.93. The lowest BCUT2D eigenvalue weighted by atomic mass is 10.4. The normalized spacial score (nSPS) is 32.4. The van der Waals surface area contributed by atoms with E-state index in [0.717, 1.165) is 13.1 Å². The predicted molar refractivity (Wildman–Crippen MR) is 52.5 cm³/mol. The Balaban J connectivity index is 1.72.